The van der Waals surface area contributed by atoms with E-state index in [2.05, 4.69) is 0 Å². The summed E-state index contributed by atoms with van der Waals surface area (Å²) in [7, 11) is 0. The summed E-state index contributed by atoms with van der Waals surface area (Å²) in [5.74, 6) is -1.25. The molecule has 0 bridgehead atoms. The number of carboxylic acid groups (broad SMARTS) is 1. The Morgan fingerprint density at radius 1 is 1.19 bits per heavy atom. The van der Waals surface area contributed by atoms with E-state index in [9.17, 15) is 18.7 Å². The third kappa shape index (κ3) is 4.13. The van der Waals surface area contributed by atoms with Crippen molar-refractivity contribution in [2.75, 3.05) is 10.9 Å². The second-order valence-corrected chi connectivity index (χ2v) is 7.97. The number of hydrogen-bond acceptors (Lipinski definition) is 4. The summed E-state index contributed by atoms with van der Waals surface area (Å²) < 4.78 is 34.0. The van der Waals surface area contributed by atoms with E-state index >= 15 is 0 Å². The van der Waals surface area contributed by atoms with E-state index < -0.39 is 28.9 Å². The SMILES string of the molecule is CC(C)(C)OCC(C(=O)O)N(c1ccc2oc3ccccc3c2c1)S(=O)O. The Kier molecular flexibility index (Phi) is 5.23. The van der Waals surface area contributed by atoms with Gasteiger partial charge in [-0.2, -0.15) is 0 Å². The number of nitrogens with zero attached hydrogens (tertiary/aromatic N) is 1. The molecule has 7 nitrogen and oxygen atoms in total. The van der Waals surface area contributed by atoms with Gasteiger partial charge in [-0.1, -0.05) is 18.2 Å². The van der Waals surface area contributed by atoms with Gasteiger partial charge in [0.05, 0.1) is 17.9 Å². The molecule has 0 aliphatic rings. The second-order valence-electron chi connectivity index (χ2n) is 7.11. The minimum atomic E-state index is -2.56. The largest absolute Gasteiger partial charge is 0.480 e. The molecule has 0 spiro atoms. The summed E-state index contributed by atoms with van der Waals surface area (Å²) in [6.45, 7) is 5.12. The van der Waals surface area contributed by atoms with Crippen LogP contribution < -0.4 is 4.31 Å². The lowest BCUT2D eigenvalue weighted by Gasteiger charge is -2.29. The Labute approximate surface area is 158 Å². The van der Waals surface area contributed by atoms with Crippen LogP contribution in [0.15, 0.2) is 46.9 Å². The highest BCUT2D eigenvalue weighted by atomic mass is 32.2. The lowest BCUT2D eigenvalue weighted by atomic mass is 10.1. The fourth-order valence-corrected chi connectivity index (χ4v) is 3.46. The number of benzene rings is 2. The van der Waals surface area contributed by atoms with Gasteiger partial charge in [-0.15, -0.1) is 0 Å². The zero-order valence-electron chi connectivity index (χ0n) is 15.2. The van der Waals surface area contributed by atoms with Crippen LogP contribution in [0.2, 0.25) is 0 Å². The van der Waals surface area contributed by atoms with Gasteiger partial charge >= 0.3 is 5.97 Å². The number of carboxylic acids is 1. The molecular weight excluding hydrogens is 370 g/mol. The number of furan rings is 1. The standard InChI is InChI=1S/C19H21NO6S/c1-19(2,3)25-11-15(18(21)22)20(27(23)24)12-8-9-17-14(10-12)13-6-4-5-7-16(13)26-17/h4-10,15H,11H2,1-3H3,(H,21,22)(H,23,24). The maximum Gasteiger partial charge on any atom is 0.329 e. The van der Waals surface area contributed by atoms with Crippen LogP contribution in [0.25, 0.3) is 21.9 Å². The van der Waals surface area contributed by atoms with Crippen molar-refractivity contribution in [3.8, 4) is 0 Å². The van der Waals surface area contributed by atoms with Crippen molar-refractivity contribution in [2.45, 2.75) is 32.4 Å². The molecule has 2 unspecified atom stereocenters. The fraction of sp³-hybridized carbons (Fsp3) is 0.316. The van der Waals surface area contributed by atoms with E-state index in [0.717, 1.165) is 15.1 Å². The van der Waals surface area contributed by atoms with E-state index in [1.54, 1.807) is 39.0 Å². The lowest BCUT2D eigenvalue weighted by molar-refractivity contribution is -0.141. The van der Waals surface area contributed by atoms with Gasteiger partial charge in [0.25, 0.3) is 11.3 Å². The molecule has 0 fully saturated rings. The van der Waals surface area contributed by atoms with Crippen molar-refractivity contribution in [2.24, 2.45) is 0 Å². The van der Waals surface area contributed by atoms with Crippen LogP contribution in [-0.2, 0) is 20.8 Å². The summed E-state index contributed by atoms with van der Waals surface area (Å²) in [6, 6.07) is 11.0. The molecular formula is C19H21NO6S. The molecule has 0 amide bonds. The minimum Gasteiger partial charge on any atom is -0.480 e. The van der Waals surface area contributed by atoms with E-state index in [-0.39, 0.29) is 6.61 Å². The summed E-state index contributed by atoms with van der Waals surface area (Å²) in [4.78, 5) is 11.8. The molecule has 0 saturated heterocycles. The average molecular weight is 391 g/mol. The third-order valence-electron chi connectivity index (χ3n) is 4.03. The summed E-state index contributed by atoms with van der Waals surface area (Å²) in [5.41, 5.74) is 1.01. The van der Waals surface area contributed by atoms with Crippen LogP contribution in [0.5, 0.6) is 0 Å². The molecule has 1 heterocycles. The van der Waals surface area contributed by atoms with E-state index in [1.165, 1.54) is 0 Å². The van der Waals surface area contributed by atoms with Gasteiger partial charge in [-0.3, -0.25) is 8.86 Å². The topological polar surface area (TPSA) is 100 Å². The Bertz CT molecular complexity index is 1010. The smallest absolute Gasteiger partial charge is 0.329 e. The quantitative estimate of drug-likeness (QED) is 0.620. The van der Waals surface area contributed by atoms with Crippen molar-refractivity contribution >= 4 is 44.9 Å². The predicted octanol–water partition coefficient (Wildman–Crippen LogP) is 3.80. The highest BCUT2D eigenvalue weighted by Crippen LogP contribution is 2.32. The molecule has 0 aliphatic heterocycles. The van der Waals surface area contributed by atoms with Crippen molar-refractivity contribution in [1.82, 2.24) is 0 Å². The summed E-state index contributed by atoms with van der Waals surface area (Å²) >= 11 is -2.56. The van der Waals surface area contributed by atoms with Crippen LogP contribution in [0.4, 0.5) is 5.69 Å². The number of para-hydroxylation sites is 1. The second kappa shape index (κ2) is 7.30. The molecule has 0 radical (unpaired) electrons. The van der Waals surface area contributed by atoms with Crippen LogP contribution in [0.1, 0.15) is 20.8 Å². The minimum absolute atomic E-state index is 0.241. The van der Waals surface area contributed by atoms with E-state index in [1.807, 2.05) is 24.3 Å². The zero-order chi connectivity index (χ0) is 19.8. The van der Waals surface area contributed by atoms with Gasteiger partial charge in [0.1, 0.15) is 11.2 Å². The summed E-state index contributed by atoms with van der Waals surface area (Å²) in [5, 5.41) is 11.2. The molecule has 144 valence electrons. The molecule has 3 rings (SSSR count). The van der Waals surface area contributed by atoms with Gasteiger partial charge in [-0.25, -0.2) is 9.00 Å². The molecule has 8 heteroatoms. The van der Waals surface area contributed by atoms with Crippen LogP contribution in [0, 0.1) is 0 Å². The predicted molar refractivity (Wildman–Crippen MR) is 104 cm³/mol. The third-order valence-corrected chi connectivity index (χ3v) is 4.83. The number of carbonyl (C=O) groups is 1. The summed E-state index contributed by atoms with van der Waals surface area (Å²) in [6.07, 6.45) is 0. The molecule has 2 N–H and O–H groups in total. The Balaban J connectivity index is 2.06. The monoisotopic (exact) mass is 391 g/mol. The molecule has 1 aromatic heterocycles. The van der Waals surface area contributed by atoms with Gasteiger partial charge in [0.2, 0.25) is 0 Å². The Morgan fingerprint density at radius 2 is 1.85 bits per heavy atom. The van der Waals surface area contributed by atoms with Crippen molar-refractivity contribution in [1.29, 1.82) is 0 Å². The normalized spacial score (nSPS) is 14.4. The number of rotatable bonds is 6. The van der Waals surface area contributed by atoms with Crippen molar-refractivity contribution < 1.29 is 27.8 Å². The number of ether oxygens (including phenoxy) is 1. The highest BCUT2D eigenvalue weighted by molar-refractivity contribution is 7.80. The van der Waals surface area contributed by atoms with Crippen molar-refractivity contribution in [3.05, 3.63) is 42.5 Å². The molecule has 3 aromatic rings. The lowest BCUT2D eigenvalue weighted by Crippen LogP contribution is -2.46. The number of anilines is 1. The first kappa shape index (κ1) is 19.3. The van der Waals surface area contributed by atoms with E-state index in [4.69, 9.17) is 9.15 Å². The highest BCUT2D eigenvalue weighted by Gasteiger charge is 2.32. The van der Waals surface area contributed by atoms with Gasteiger partial charge in [-0.05, 0) is 45.0 Å². The fourth-order valence-electron chi connectivity index (χ4n) is 2.80. The Hall–Kier alpha value is -2.42. The first-order valence-corrected chi connectivity index (χ1v) is 9.42. The maximum absolute atomic E-state index is 12.0. The van der Waals surface area contributed by atoms with Crippen LogP contribution in [0.3, 0.4) is 0 Å². The first-order chi connectivity index (χ1) is 12.7. The van der Waals surface area contributed by atoms with Crippen molar-refractivity contribution in [3.63, 3.8) is 0 Å². The van der Waals surface area contributed by atoms with Crippen LogP contribution >= 0.6 is 0 Å². The number of aliphatic carboxylic acids is 1. The molecule has 2 aromatic carbocycles. The number of fused-ring (bicyclic) bond motifs is 3. The first-order valence-electron chi connectivity index (χ1n) is 8.35. The number of hydrogen-bond donors (Lipinski definition) is 2. The zero-order valence-corrected chi connectivity index (χ0v) is 16.0. The van der Waals surface area contributed by atoms with E-state index in [0.29, 0.717) is 16.9 Å². The molecule has 2 atom stereocenters. The Morgan fingerprint density at radius 3 is 2.48 bits per heavy atom. The van der Waals surface area contributed by atoms with Gasteiger partial charge < -0.3 is 14.3 Å². The molecule has 0 aliphatic carbocycles. The molecule has 27 heavy (non-hydrogen) atoms. The van der Waals surface area contributed by atoms with Gasteiger partial charge in [0, 0.05) is 10.8 Å². The average Bonchev–Trinajstić information content (AvgIpc) is 2.94. The molecule has 0 saturated carbocycles. The van der Waals surface area contributed by atoms with Crippen LogP contribution in [-0.4, -0.2) is 38.1 Å². The maximum atomic E-state index is 12.0. The van der Waals surface area contributed by atoms with Gasteiger partial charge in [0.15, 0.2) is 6.04 Å².